The molecule has 2 aliphatic heterocycles. The van der Waals surface area contributed by atoms with Gasteiger partial charge in [-0.05, 0) is 25.4 Å². The lowest BCUT2D eigenvalue weighted by atomic mass is 10.0. The lowest BCUT2D eigenvalue weighted by molar-refractivity contribution is 0.0804. The average Bonchev–Trinajstić information content (AvgIpc) is 2.89. The molecule has 15 heavy (non-hydrogen) atoms. The van der Waals surface area contributed by atoms with Crippen LogP contribution >= 0.6 is 0 Å². The largest absolute Gasteiger partial charge is 0.372 e. The smallest absolute Gasteiger partial charge is 0.159 e. The van der Waals surface area contributed by atoms with E-state index in [-0.39, 0.29) is 0 Å². The van der Waals surface area contributed by atoms with Crippen molar-refractivity contribution in [3.05, 3.63) is 11.6 Å². The molecule has 1 aromatic heterocycles. The number of nitrogens with zero attached hydrogens (tertiary/aromatic N) is 3. The van der Waals surface area contributed by atoms with Gasteiger partial charge in [0, 0.05) is 13.0 Å². The quantitative estimate of drug-likeness (QED) is 0.741. The first-order chi connectivity index (χ1) is 7.43. The molecule has 0 amide bonds. The first-order valence-electron chi connectivity index (χ1n) is 5.63. The molecule has 3 heterocycles. The summed E-state index contributed by atoms with van der Waals surface area (Å²) in [7, 11) is 0. The van der Waals surface area contributed by atoms with Gasteiger partial charge in [0.15, 0.2) is 5.82 Å². The molecule has 0 saturated carbocycles. The van der Waals surface area contributed by atoms with Crippen molar-refractivity contribution in [1.29, 1.82) is 0 Å². The van der Waals surface area contributed by atoms with Crippen LogP contribution in [0.25, 0.3) is 0 Å². The average molecular weight is 208 g/mol. The van der Waals surface area contributed by atoms with Gasteiger partial charge < -0.3 is 14.6 Å². The molecule has 3 rings (SSSR count). The van der Waals surface area contributed by atoms with E-state index in [1.54, 1.807) is 0 Å². The molecule has 0 aromatic carbocycles. The minimum absolute atomic E-state index is 0.621. The summed E-state index contributed by atoms with van der Waals surface area (Å²) >= 11 is 0. The maximum atomic E-state index is 5.34. The van der Waals surface area contributed by atoms with Crippen molar-refractivity contribution in [3.63, 3.8) is 0 Å². The molecule has 1 atom stereocenters. The van der Waals surface area contributed by atoms with Gasteiger partial charge >= 0.3 is 0 Å². The fraction of sp³-hybridized carbons (Fsp3) is 0.800. The molecule has 1 unspecified atom stereocenters. The van der Waals surface area contributed by atoms with Crippen LogP contribution < -0.4 is 5.32 Å². The molecule has 1 aromatic rings. The summed E-state index contributed by atoms with van der Waals surface area (Å²) in [5, 5.41) is 11.8. The molecule has 0 spiro atoms. The standard InChI is InChI=1S/C10H16N4O/c1-2-11-6-8(1)5-9-12-13-10-7-15-4-3-14(9)10/h8,11H,1-7H2. The molecule has 0 aliphatic carbocycles. The van der Waals surface area contributed by atoms with Crippen LogP contribution in [0, 0.1) is 5.92 Å². The molecular weight excluding hydrogens is 192 g/mol. The van der Waals surface area contributed by atoms with E-state index >= 15 is 0 Å². The summed E-state index contributed by atoms with van der Waals surface area (Å²) in [6.45, 7) is 4.60. The normalized spacial score (nSPS) is 25.5. The van der Waals surface area contributed by atoms with Crippen LogP contribution in [0.15, 0.2) is 0 Å². The Balaban J connectivity index is 1.76. The highest BCUT2D eigenvalue weighted by atomic mass is 16.5. The number of ether oxygens (including phenoxy) is 1. The summed E-state index contributed by atoms with van der Waals surface area (Å²) < 4.78 is 7.57. The van der Waals surface area contributed by atoms with Gasteiger partial charge in [-0.15, -0.1) is 10.2 Å². The first kappa shape index (κ1) is 9.30. The lowest BCUT2D eigenvalue weighted by Gasteiger charge is -2.16. The molecule has 1 fully saturated rings. The van der Waals surface area contributed by atoms with E-state index in [4.69, 9.17) is 4.74 Å². The summed E-state index contributed by atoms with van der Waals surface area (Å²) in [6.07, 6.45) is 2.32. The zero-order valence-corrected chi connectivity index (χ0v) is 8.78. The van der Waals surface area contributed by atoms with E-state index in [9.17, 15) is 0 Å². The Kier molecular flexibility index (Phi) is 2.42. The minimum atomic E-state index is 0.621. The molecule has 1 N–H and O–H groups in total. The minimum Gasteiger partial charge on any atom is -0.372 e. The molecule has 82 valence electrons. The number of hydrogen-bond donors (Lipinski definition) is 1. The second-order valence-corrected chi connectivity index (χ2v) is 4.30. The van der Waals surface area contributed by atoms with Gasteiger partial charge in [-0.2, -0.15) is 0 Å². The summed E-state index contributed by atoms with van der Waals surface area (Å²) in [5.41, 5.74) is 0. The van der Waals surface area contributed by atoms with Crippen LogP contribution in [0.3, 0.4) is 0 Å². The Hall–Kier alpha value is -0.940. The number of rotatable bonds is 2. The van der Waals surface area contributed by atoms with Crippen molar-refractivity contribution in [1.82, 2.24) is 20.1 Å². The van der Waals surface area contributed by atoms with Crippen molar-refractivity contribution in [3.8, 4) is 0 Å². The Labute approximate surface area is 88.8 Å². The van der Waals surface area contributed by atoms with Gasteiger partial charge in [-0.1, -0.05) is 0 Å². The van der Waals surface area contributed by atoms with E-state index in [0.29, 0.717) is 6.61 Å². The maximum absolute atomic E-state index is 5.34. The van der Waals surface area contributed by atoms with E-state index in [1.807, 2.05) is 0 Å². The molecule has 2 aliphatic rings. The summed E-state index contributed by atoms with van der Waals surface area (Å²) in [4.78, 5) is 0. The van der Waals surface area contributed by atoms with Crippen molar-refractivity contribution >= 4 is 0 Å². The Morgan fingerprint density at radius 2 is 2.47 bits per heavy atom. The maximum Gasteiger partial charge on any atom is 0.159 e. The van der Waals surface area contributed by atoms with Crippen molar-refractivity contribution in [2.75, 3.05) is 19.7 Å². The van der Waals surface area contributed by atoms with Crippen LogP contribution in [0.5, 0.6) is 0 Å². The Morgan fingerprint density at radius 3 is 3.33 bits per heavy atom. The SMILES string of the molecule is C1CC(Cc2nnc3n2CCOC3)CN1. The zero-order valence-electron chi connectivity index (χ0n) is 8.78. The molecule has 1 saturated heterocycles. The van der Waals surface area contributed by atoms with E-state index < -0.39 is 0 Å². The number of aromatic nitrogens is 3. The summed E-state index contributed by atoms with van der Waals surface area (Å²) in [5.74, 6) is 2.87. The molecule has 5 heteroatoms. The lowest BCUT2D eigenvalue weighted by Crippen LogP contribution is -2.20. The van der Waals surface area contributed by atoms with Gasteiger partial charge in [0.1, 0.15) is 12.4 Å². The molecule has 0 radical (unpaired) electrons. The highest BCUT2D eigenvalue weighted by molar-refractivity contribution is 4.98. The van der Waals surface area contributed by atoms with E-state index in [1.165, 1.54) is 6.42 Å². The third-order valence-electron chi connectivity index (χ3n) is 3.23. The van der Waals surface area contributed by atoms with Gasteiger partial charge in [0.05, 0.1) is 6.61 Å². The van der Waals surface area contributed by atoms with E-state index in [2.05, 4.69) is 20.1 Å². The number of fused-ring (bicyclic) bond motifs is 1. The third kappa shape index (κ3) is 1.77. The van der Waals surface area contributed by atoms with Crippen LogP contribution in [0.2, 0.25) is 0 Å². The zero-order chi connectivity index (χ0) is 10.1. The van der Waals surface area contributed by atoms with Crippen molar-refractivity contribution in [2.45, 2.75) is 26.0 Å². The monoisotopic (exact) mass is 208 g/mol. The number of hydrogen-bond acceptors (Lipinski definition) is 4. The van der Waals surface area contributed by atoms with Gasteiger partial charge in [0.2, 0.25) is 0 Å². The topological polar surface area (TPSA) is 52.0 Å². The predicted molar refractivity (Wildman–Crippen MR) is 54.4 cm³/mol. The van der Waals surface area contributed by atoms with Crippen LogP contribution in [0.1, 0.15) is 18.1 Å². The second kappa shape index (κ2) is 3.90. The molecular formula is C10H16N4O. The third-order valence-corrected chi connectivity index (χ3v) is 3.23. The van der Waals surface area contributed by atoms with Crippen molar-refractivity contribution in [2.24, 2.45) is 5.92 Å². The van der Waals surface area contributed by atoms with Crippen molar-refractivity contribution < 1.29 is 4.74 Å². The van der Waals surface area contributed by atoms with Gasteiger partial charge in [0.25, 0.3) is 0 Å². The van der Waals surface area contributed by atoms with Crippen LogP contribution in [-0.2, 0) is 24.3 Å². The fourth-order valence-corrected chi connectivity index (χ4v) is 2.35. The van der Waals surface area contributed by atoms with Crippen LogP contribution in [0.4, 0.5) is 0 Å². The van der Waals surface area contributed by atoms with Crippen LogP contribution in [-0.4, -0.2) is 34.5 Å². The summed E-state index contributed by atoms with van der Waals surface area (Å²) in [6, 6.07) is 0. The second-order valence-electron chi connectivity index (χ2n) is 4.30. The highest BCUT2D eigenvalue weighted by Gasteiger charge is 2.21. The van der Waals surface area contributed by atoms with E-state index in [0.717, 1.165) is 50.2 Å². The fourth-order valence-electron chi connectivity index (χ4n) is 2.35. The highest BCUT2D eigenvalue weighted by Crippen LogP contribution is 2.16. The molecule has 0 bridgehead atoms. The predicted octanol–water partition coefficient (Wildman–Crippen LogP) is -0.0397. The number of nitrogens with one attached hydrogen (secondary N) is 1. The first-order valence-corrected chi connectivity index (χ1v) is 5.63. The Morgan fingerprint density at radius 1 is 1.47 bits per heavy atom. The Bertz CT molecular complexity index is 343. The molecule has 5 nitrogen and oxygen atoms in total. The van der Waals surface area contributed by atoms with Gasteiger partial charge in [-0.25, -0.2) is 0 Å². The van der Waals surface area contributed by atoms with Gasteiger partial charge in [-0.3, -0.25) is 0 Å².